The van der Waals surface area contributed by atoms with Gasteiger partial charge in [-0.05, 0) is 49.6 Å². The highest BCUT2D eigenvalue weighted by atomic mass is 16.2. The van der Waals surface area contributed by atoms with Crippen LogP contribution < -0.4 is 10.2 Å². The molecule has 6 heteroatoms. The molecule has 0 atom stereocenters. The lowest BCUT2D eigenvalue weighted by Gasteiger charge is -2.20. The summed E-state index contributed by atoms with van der Waals surface area (Å²) in [5.74, 6) is 0.0420. The zero-order valence-corrected chi connectivity index (χ0v) is 16.8. The topological polar surface area (TPSA) is 66.7 Å². The van der Waals surface area contributed by atoms with Crippen LogP contribution in [0.2, 0.25) is 0 Å². The fraction of sp³-hybridized carbons (Fsp3) is 0.318. The van der Waals surface area contributed by atoms with Crippen molar-refractivity contribution in [3.8, 4) is 0 Å². The first-order valence-corrected chi connectivity index (χ1v) is 9.56. The lowest BCUT2D eigenvalue weighted by Crippen LogP contribution is -2.31. The highest BCUT2D eigenvalue weighted by Crippen LogP contribution is 2.21. The molecule has 0 saturated carbocycles. The molecule has 0 saturated heterocycles. The molecule has 0 aliphatic carbocycles. The molecule has 0 aliphatic heterocycles. The van der Waals surface area contributed by atoms with Crippen LogP contribution in [0.1, 0.15) is 47.4 Å². The number of hydrogen-bond donors (Lipinski definition) is 1. The predicted molar refractivity (Wildman–Crippen MR) is 111 cm³/mol. The van der Waals surface area contributed by atoms with E-state index in [0.717, 1.165) is 11.3 Å². The highest BCUT2D eigenvalue weighted by molar-refractivity contribution is 6.10. The number of fused-ring (bicyclic) bond motifs is 1. The Kier molecular flexibility index (Phi) is 5.78. The number of carbonyl (C=O) groups excluding carboxylic acids is 2. The third-order valence-electron chi connectivity index (χ3n) is 4.50. The summed E-state index contributed by atoms with van der Waals surface area (Å²) in [4.78, 5) is 32.1. The maximum atomic E-state index is 13.3. The van der Waals surface area contributed by atoms with Crippen LogP contribution in [0.15, 0.2) is 48.7 Å². The summed E-state index contributed by atoms with van der Waals surface area (Å²) in [6.45, 7) is 9.02. The molecule has 146 valence electrons. The first-order chi connectivity index (χ1) is 13.4. The van der Waals surface area contributed by atoms with Gasteiger partial charge in [0.1, 0.15) is 0 Å². The summed E-state index contributed by atoms with van der Waals surface area (Å²) in [5, 5.41) is 2.88. The smallest absolute Gasteiger partial charge is 0.287 e. The van der Waals surface area contributed by atoms with Crippen molar-refractivity contribution in [1.29, 1.82) is 0 Å². The van der Waals surface area contributed by atoms with Crippen molar-refractivity contribution in [2.45, 2.75) is 27.7 Å². The van der Waals surface area contributed by atoms with Crippen molar-refractivity contribution in [2.24, 2.45) is 5.92 Å². The SMILES string of the molecule is CCN(C(=O)c1nc(C(=O)NCC(C)C)n2ccccc12)c1cccc(C)c1. The van der Waals surface area contributed by atoms with Gasteiger partial charge >= 0.3 is 0 Å². The third kappa shape index (κ3) is 3.91. The summed E-state index contributed by atoms with van der Waals surface area (Å²) in [5.41, 5.74) is 2.79. The largest absolute Gasteiger partial charge is 0.349 e. The molecule has 1 N–H and O–H groups in total. The Hall–Kier alpha value is -3.15. The Labute approximate surface area is 165 Å². The number of aromatic nitrogens is 2. The van der Waals surface area contributed by atoms with E-state index in [0.29, 0.717) is 24.5 Å². The minimum atomic E-state index is -0.285. The van der Waals surface area contributed by atoms with E-state index < -0.39 is 0 Å². The van der Waals surface area contributed by atoms with E-state index in [1.54, 1.807) is 15.5 Å². The van der Waals surface area contributed by atoms with E-state index in [9.17, 15) is 9.59 Å². The molecule has 2 aromatic heterocycles. The van der Waals surface area contributed by atoms with Gasteiger partial charge in [-0.1, -0.05) is 32.0 Å². The Morgan fingerprint density at radius 3 is 2.64 bits per heavy atom. The minimum absolute atomic E-state index is 0.222. The molecular weight excluding hydrogens is 352 g/mol. The fourth-order valence-corrected chi connectivity index (χ4v) is 3.10. The standard InChI is InChI=1S/C22H26N4O2/c1-5-25(17-10-8-9-16(4)13-17)22(28)19-18-11-6-7-12-26(18)20(24-19)21(27)23-14-15(2)3/h6-13,15H,5,14H2,1-4H3,(H,23,27). The first kappa shape index (κ1) is 19.6. The lowest BCUT2D eigenvalue weighted by atomic mass is 10.2. The Balaban J connectivity index is 2.02. The van der Waals surface area contributed by atoms with Crippen LogP contribution in [0.5, 0.6) is 0 Å². The number of hydrogen-bond acceptors (Lipinski definition) is 3. The molecule has 2 heterocycles. The van der Waals surface area contributed by atoms with Gasteiger partial charge in [0.05, 0.1) is 5.52 Å². The van der Waals surface area contributed by atoms with Gasteiger partial charge in [-0.25, -0.2) is 4.98 Å². The van der Waals surface area contributed by atoms with Crippen molar-refractivity contribution >= 4 is 23.0 Å². The Bertz CT molecular complexity index is 1010. The molecular formula is C22H26N4O2. The third-order valence-corrected chi connectivity index (χ3v) is 4.50. The van der Waals surface area contributed by atoms with Crippen molar-refractivity contribution in [3.63, 3.8) is 0 Å². The molecule has 0 radical (unpaired) electrons. The average molecular weight is 378 g/mol. The molecule has 3 aromatic rings. The molecule has 0 unspecified atom stereocenters. The summed E-state index contributed by atoms with van der Waals surface area (Å²) in [6.07, 6.45) is 1.76. The number of pyridine rings is 1. The molecule has 0 fully saturated rings. The maximum Gasteiger partial charge on any atom is 0.287 e. The number of nitrogens with zero attached hydrogens (tertiary/aromatic N) is 3. The monoisotopic (exact) mass is 378 g/mol. The van der Waals surface area contributed by atoms with Crippen LogP contribution in [-0.2, 0) is 0 Å². The van der Waals surface area contributed by atoms with Gasteiger partial charge in [0.25, 0.3) is 11.8 Å². The normalized spacial score (nSPS) is 11.0. The number of benzene rings is 1. The lowest BCUT2D eigenvalue weighted by molar-refractivity contribution is 0.0938. The van der Waals surface area contributed by atoms with E-state index in [4.69, 9.17) is 0 Å². The fourth-order valence-electron chi connectivity index (χ4n) is 3.10. The molecule has 1 aromatic carbocycles. The van der Waals surface area contributed by atoms with Gasteiger partial charge in [0, 0.05) is 25.0 Å². The second kappa shape index (κ2) is 8.25. The predicted octanol–water partition coefficient (Wildman–Crippen LogP) is 3.70. The number of aryl methyl sites for hydroxylation is 1. The van der Waals surface area contributed by atoms with Gasteiger partial charge in [-0.3, -0.25) is 14.0 Å². The second-order valence-corrected chi connectivity index (χ2v) is 7.23. The Morgan fingerprint density at radius 1 is 1.18 bits per heavy atom. The molecule has 3 rings (SSSR count). The molecule has 0 bridgehead atoms. The van der Waals surface area contributed by atoms with Gasteiger partial charge in [0.2, 0.25) is 5.82 Å². The van der Waals surface area contributed by atoms with Crippen molar-refractivity contribution in [1.82, 2.24) is 14.7 Å². The number of rotatable bonds is 6. The summed E-state index contributed by atoms with van der Waals surface area (Å²) < 4.78 is 1.67. The van der Waals surface area contributed by atoms with Crippen LogP contribution >= 0.6 is 0 Å². The number of amides is 2. The first-order valence-electron chi connectivity index (χ1n) is 9.56. The van der Waals surface area contributed by atoms with Crippen LogP contribution in [0.4, 0.5) is 5.69 Å². The molecule has 6 nitrogen and oxygen atoms in total. The zero-order valence-electron chi connectivity index (χ0n) is 16.8. The van der Waals surface area contributed by atoms with E-state index in [1.165, 1.54) is 0 Å². The van der Waals surface area contributed by atoms with E-state index in [-0.39, 0.29) is 23.3 Å². The van der Waals surface area contributed by atoms with Crippen LogP contribution in [-0.4, -0.2) is 34.3 Å². The number of carbonyl (C=O) groups is 2. The average Bonchev–Trinajstić information content (AvgIpc) is 3.06. The summed E-state index contributed by atoms with van der Waals surface area (Å²) in [7, 11) is 0. The van der Waals surface area contributed by atoms with Crippen molar-refractivity contribution in [3.05, 3.63) is 65.7 Å². The van der Waals surface area contributed by atoms with E-state index >= 15 is 0 Å². The second-order valence-electron chi connectivity index (χ2n) is 7.23. The van der Waals surface area contributed by atoms with E-state index in [1.807, 2.05) is 70.2 Å². The molecule has 0 spiro atoms. The number of anilines is 1. The highest BCUT2D eigenvalue weighted by Gasteiger charge is 2.25. The molecule has 2 amide bonds. The zero-order chi connectivity index (χ0) is 20.3. The van der Waals surface area contributed by atoms with Gasteiger partial charge in [0.15, 0.2) is 5.69 Å². The van der Waals surface area contributed by atoms with Gasteiger partial charge in [-0.15, -0.1) is 0 Å². The molecule has 0 aliphatic rings. The number of nitrogens with one attached hydrogen (secondary N) is 1. The minimum Gasteiger partial charge on any atom is -0.349 e. The van der Waals surface area contributed by atoms with Crippen molar-refractivity contribution in [2.75, 3.05) is 18.0 Å². The van der Waals surface area contributed by atoms with Crippen LogP contribution in [0, 0.1) is 12.8 Å². The Morgan fingerprint density at radius 2 is 1.96 bits per heavy atom. The van der Waals surface area contributed by atoms with Gasteiger partial charge < -0.3 is 10.2 Å². The van der Waals surface area contributed by atoms with Crippen LogP contribution in [0.3, 0.4) is 0 Å². The van der Waals surface area contributed by atoms with Gasteiger partial charge in [-0.2, -0.15) is 0 Å². The van der Waals surface area contributed by atoms with Crippen molar-refractivity contribution < 1.29 is 9.59 Å². The molecule has 28 heavy (non-hydrogen) atoms. The summed E-state index contributed by atoms with van der Waals surface area (Å²) >= 11 is 0. The van der Waals surface area contributed by atoms with Crippen LogP contribution in [0.25, 0.3) is 5.52 Å². The number of imidazole rings is 1. The quantitative estimate of drug-likeness (QED) is 0.711. The maximum absolute atomic E-state index is 13.3. The summed E-state index contributed by atoms with van der Waals surface area (Å²) in [6, 6.07) is 13.3. The van der Waals surface area contributed by atoms with E-state index in [2.05, 4.69) is 10.3 Å².